The molecule has 0 heterocycles. The van der Waals surface area contributed by atoms with Crippen LogP contribution in [0.3, 0.4) is 0 Å². The first-order valence-electron chi connectivity index (χ1n) is 6.13. The van der Waals surface area contributed by atoms with E-state index in [0.29, 0.717) is 27.7 Å². The number of carbonyl (C=O) groups excluding carboxylic acids is 1. The summed E-state index contributed by atoms with van der Waals surface area (Å²) >= 11 is 6.07. The normalized spacial score (nSPS) is 10.0. The molecule has 0 radical (unpaired) electrons. The Hall–Kier alpha value is -2.40. The van der Waals surface area contributed by atoms with Crippen molar-refractivity contribution in [2.45, 2.75) is 0 Å². The largest absolute Gasteiger partial charge is 0.495 e. The number of nitrogens with two attached hydrogens (primary N) is 1. The highest BCUT2D eigenvalue weighted by molar-refractivity contribution is 6.32. The lowest BCUT2D eigenvalue weighted by atomic mass is 10.1. The summed E-state index contributed by atoms with van der Waals surface area (Å²) in [5.74, 6) is 0.157. The molecule has 0 aliphatic heterocycles. The zero-order chi connectivity index (χ0) is 15.4. The second-order valence-corrected chi connectivity index (χ2v) is 4.68. The minimum Gasteiger partial charge on any atom is -0.495 e. The standard InChI is InChI=1S/C15H15ClN2O3/c1-20-14-6-4-10(8-11(14)16)18-13-7-9(15(19)21-2)3-5-12(13)17/h3-8,18H,17H2,1-2H3. The number of esters is 1. The summed E-state index contributed by atoms with van der Waals surface area (Å²) < 4.78 is 9.78. The van der Waals surface area contributed by atoms with Crippen LogP contribution < -0.4 is 15.8 Å². The van der Waals surface area contributed by atoms with E-state index in [-0.39, 0.29) is 0 Å². The summed E-state index contributed by atoms with van der Waals surface area (Å²) in [6, 6.07) is 10.1. The number of anilines is 3. The maximum atomic E-state index is 11.5. The van der Waals surface area contributed by atoms with Crippen LogP contribution in [-0.2, 0) is 4.74 Å². The van der Waals surface area contributed by atoms with Crippen LogP contribution in [0.2, 0.25) is 5.02 Å². The van der Waals surface area contributed by atoms with Crippen molar-refractivity contribution in [1.29, 1.82) is 0 Å². The van der Waals surface area contributed by atoms with E-state index in [0.717, 1.165) is 5.69 Å². The van der Waals surface area contributed by atoms with Crippen LogP contribution in [0.15, 0.2) is 36.4 Å². The van der Waals surface area contributed by atoms with Gasteiger partial charge in [-0.05, 0) is 36.4 Å². The maximum Gasteiger partial charge on any atom is 0.337 e. The fraction of sp³-hybridized carbons (Fsp3) is 0.133. The van der Waals surface area contributed by atoms with E-state index in [9.17, 15) is 4.79 Å². The smallest absolute Gasteiger partial charge is 0.337 e. The number of hydrogen-bond donors (Lipinski definition) is 2. The Labute approximate surface area is 127 Å². The Balaban J connectivity index is 2.30. The van der Waals surface area contributed by atoms with E-state index in [2.05, 4.69) is 10.1 Å². The van der Waals surface area contributed by atoms with E-state index in [4.69, 9.17) is 22.1 Å². The van der Waals surface area contributed by atoms with Gasteiger partial charge in [0.1, 0.15) is 5.75 Å². The van der Waals surface area contributed by atoms with E-state index in [1.54, 1.807) is 43.5 Å². The number of hydrogen-bond acceptors (Lipinski definition) is 5. The molecule has 0 saturated carbocycles. The van der Waals surface area contributed by atoms with Crippen LogP contribution in [0.4, 0.5) is 17.1 Å². The number of nitrogens with one attached hydrogen (secondary N) is 1. The number of carbonyl (C=O) groups is 1. The molecular weight excluding hydrogens is 292 g/mol. The molecule has 2 rings (SSSR count). The molecule has 0 atom stereocenters. The first-order chi connectivity index (χ1) is 10.0. The van der Waals surface area contributed by atoms with Gasteiger partial charge in [0.25, 0.3) is 0 Å². The lowest BCUT2D eigenvalue weighted by Gasteiger charge is -2.12. The summed E-state index contributed by atoms with van der Waals surface area (Å²) in [5, 5.41) is 3.59. The van der Waals surface area contributed by atoms with Gasteiger partial charge in [0.15, 0.2) is 0 Å². The van der Waals surface area contributed by atoms with Crippen LogP contribution >= 0.6 is 11.6 Å². The molecule has 0 bridgehead atoms. The van der Waals surface area contributed by atoms with Gasteiger partial charge in [0.2, 0.25) is 0 Å². The highest BCUT2D eigenvalue weighted by Gasteiger charge is 2.09. The van der Waals surface area contributed by atoms with Crippen molar-refractivity contribution in [3.05, 3.63) is 47.0 Å². The summed E-state index contributed by atoms with van der Waals surface area (Å²) in [6.45, 7) is 0. The molecule has 5 nitrogen and oxygen atoms in total. The average Bonchev–Trinajstić information content (AvgIpc) is 2.49. The van der Waals surface area contributed by atoms with Crippen molar-refractivity contribution in [2.75, 3.05) is 25.3 Å². The number of rotatable bonds is 4. The minimum atomic E-state index is -0.425. The Morgan fingerprint density at radius 1 is 1.19 bits per heavy atom. The van der Waals surface area contributed by atoms with Crippen molar-refractivity contribution in [3.63, 3.8) is 0 Å². The van der Waals surface area contributed by atoms with Gasteiger partial charge in [-0.15, -0.1) is 0 Å². The maximum absolute atomic E-state index is 11.5. The van der Waals surface area contributed by atoms with Crippen LogP contribution in [0.1, 0.15) is 10.4 Å². The molecule has 0 spiro atoms. The molecule has 6 heteroatoms. The summed E-state index contributed by atoms with van der Waals surface area (Å²) in [5.41, 5.74) is 8.15. The molecule has 2 aromatic carbocycles. The second kappa shape index (κ2) is 6.37. The second-order valence-electron chi connectivity index (χ2n) is 4.27. The topological polar surface area (TPSA) is 73.6 Å². The molecule has 21 heavy (non-hydrogen) atoms. The van der Waals surface area contributed by atoms with E-state index < -0.39 is 5.97 Å². The van der Waals surface area contributed by atoms with Crippen molar-refractivity contribution >= 4 is 34.6 Å². The van der Waals surface area contributed by atoms with Crippen LogP contribution in [0, 0.1) is 0 Å². The minimum absolute atomic E-state index is 0.411. The van der Waals surface area contributed by atoms with Crippen LogP contribution in [0.25, 0.3) is 0 Å². The van der Waals surface area contributed by atoms with Gasteiger partial charge in [0, 0.05) is 5.69 Å². The first-order valence-corrected chi connectivity index (χ1v) is 6.51. The summed E-state index contributed by atoms with van der Waals surface area (Å²) in [4.78, 5) is 11.5. The summed E-state index contributed by atoms with van der Waals surface area (Å²) in [7, 11) is 2.88. The third kappa shape index (κ3) is 3.38. The molecular formula is C15H15ClN2O3. The molecule has 0 unspecified atom stereocenters. The van der Waals surface area contributed by atoms with Gasteiger partial charge in [0.05, 0.1) is 36.2 Å². The fourth-order valence-corrected chi connectivity index (χ4v) is 2.07. The SMILES string of the molecule is COC(=O)c1ccc(N)c(Nc2ccc(OC)c(Cl)c2)c1. The number of methoxy groups -OCH3 is 2. The number of halogens is 1. The Morgan fingerprint density at radius 3 is 2.57 bits per heavy atom. The highest BCUT2D eigenvalue weighted by atomic mass is 35.5. The van der Waals surface area contributed by atoms with E-state index in [1.807, 2.05) is 0 Å². The molecule has 0 fully saturated rings. The van der Waals surface area contributed by atoms with Gasteiger partial charge < -0.3 is 20.5 Å². The van der Waals surface area contributed by atoms with Gasteiger partial charge in [-0.3, -0.25) is 0 Å². The first kappa shape index (κ1) is 15.0. The zero-order valence-electron chi connectivity index (χ0n) is 11.6. The number of nitrogen functional groups attached to an aromatic ring is 1. The van der Waals surface area contributed by atoms with E-state index >= 15 is 0 Å². The van der Waals surface area contributed by atoms with Crippen molar-refractivity contribution in [3.8, 4) is 5.75 Å². The van der Waals surface area contributed by atoms with Crippen LogP contribution in [-0.4, -0.2) is 20.2 Å². The predicted molar refractivity (Wildman–Crippen MR) is 83.5 cm³/mol. The fourth-order valence-electron chi connectivity index (χ4n) is 1.81. The molecule has 0 aliphatic carbocycles. The predicted octanol–water partition coefficient (Wildman–Crippen LogP) is 3.46. The van der Waals surface area contributed by atoms with Gasteiger partial charge in [-0.2, -0.15) is 0 Å². The van der Waals surface area contributed by atoms with Crippen molar-refractivity contribution in [1.82, 2.24) is 0 Å². The molecule has 0 aromatic heterocycles. The lowest BCUT2D eigenvalue weighted by Crippen LogP contribution is -2.04. The molecule has 0 saturated heterocycles. The number of ether oxygens (including phenoxy) is 2. The Bertz CT molecular complexity index is 674. The molecule has 110 valence electrons. The van der Waals surface area contributed by atoms with Crippen LogP contribution in [0.5, 0.6) is 5.75 Å². The Kier molecular flexibility index (Phi) is 4.55. The summed E-state index contributed by atoms with van der Waals surface area (Å²) in [6.07, 6.45) is 0. The highest BCUT2D eigenvalue weighted by Crippen LogP contribution is 2.30. The van der Waals surface area contributed by atoms with Gasteiger partial charge in [-0.1, -0.05) is 11.6 Å². The Morgan fingerprint density at radius 2 is 1.95 bits per heavy atom. The van der Waals surface area contributed by atoms with Crippen molar-refractivity contribution in [2.24, 2.45) is 0 Å². The third-order valence-electron chi connectivity index (χ3n) is 2.91. The molecule has 3 N–H and O–H groups in total. The molecule has 0 aliphatic rings. The van der Waals surface area contributed by atoms with E-state index in [1.165, 1.54) is 7.11 Å². The van der Waals surface area contributed by atoms with Crippen molar-refractivity contribution < 1.29 is 14.3 Å². The third-order valence-corrected chi connectivity index (χ3v) is 3.20. The lowest BCUT2D eigenvalue weighted by molar-refractivity contribution is 0.0601. The monoisotopic (exact) mass is 306 g/mol. The number of benzene rings is 2. The quantitative estimate of drug-likeness (QED) is 0.668. The average molecular weight is 307 g/mol. The zero-order valence-corrected chi connectivity index (χ0v) is 12.4. The molecule has 0 amide bonds. The molecule has 2 aromatic rings. The van der Waals surface area contributed by atoms with Gasteiger partial charge in [-0.25, -0.2) is 4.79 Å². The van der Waals surface area contributed by atoms with Gasteiger partial charge >= 0.3 is 5.97 Å².